The van der Waals surface area contributed by atoms with Gasteiger partial charge in [-0.3, -0.25) is 19.7 Å². The lowest BCUT2D eigenvalue weighted by Gasteiger charge is -2.29. The van der Waals surface area contributed by atoms with Gasteiger partial charge in [0.2, 0.25) is 11.8 Å². The van der Waals surface area contributed by atoms with Crippen LogP contribution in [0.25, 0.3) is 0 Å². The maximum atomic E-state index is 12.7. The first kappa shape index (κ1) is 19.4. The second-order valence-corrected chi connectivity index (χ2v) is 6.32. The van der Waals surface area contributed by atoms with E-state index in [2.05, 4.69) is 22.5 Å². The van der Waals surface area contributed by atoms with Gasteiger partial charge in [-0.2, -0.15) is 0 Å². The van der Waals surface area contributed by atoms with Crippen molar-refractivity contribution in [3.63, 3.8) is 0 Å². The Morgan fingerprint density at radius 2 is 2.18 bits per heavy atom. The number of nitrogens with one attached hydrogen (secondary N) is 2. The summed E-state index contributed by atoms with van der Waals surface area (Å²) in [6, 6.07) is 4.55. The van der Waals surface area contributed by atoms with Gasteiger partial charge >= 0.3 is 6.09 Å². The summed E-state index contributed by atoms with van der Waals surface area (Å²) in [5.74, 6) is 4.78. The lowest BCUT2D eigenvalue weighted by Crippen LogP contribution is -2.52. The van der Waals surface area contributed by atoms with E-state index >= 15 is 0 Å². The second kappa shape index (κ2) is 8.54. The van der Waals surface area contributed by atoms with E-state index in [1.165, 1.54) is 4.90 Å². The number of carbonyl (C=O) groups is 4. The third kappa shape index (κ3) is 4.29. The monoisotopic (exact) mass is 385 g/mol. The van der Waals surface area contributed by atoms with Crippen molar-refractivity contribution >= 4 is 23.8 Å². The van der Waals surface area contributed by atoms with E-state index in [9.17, 15) is 19.2 Å². The molecule has 1 fully saturated rings. The molecule has 0 saturated carbocycles. The summed E-state index contributed by atoms with van der Waals surface area (Å²) >= 11 is 0. The van der Waals surface area contributed by atoms with Crippen molar-refractivity contribution in [2.75, 3.05) is 19.8 Å². The molecule has 1 atom stereocenters. The van der Waals surface area contributed by atoms with Crippen LogP contribution in [0.2, 0.25) is 0 Å². The fraction of sp³-hybridized carbons (Fsp3) is 0.368. The first-order valence-corrected chi connectivity index (χ1v) is 8.77. The number of imide groups is 1. The summed E-state index contributed by atoms with van der Waals surface area (Å²) in [7, 11) is 0. The van der Waals surface area contributed by atoms with E-state index in [1.807, 2.05) is 0 Å². The van der Waals surface area contributed by atoms with Crippen LogP contribution in [0.4, 0.5) is 4.79 Å². The molecule has 2 aliphatic rings. The summed E-state index contributed by atoms with van der Waals surface area (Å²) in [6.07, 6.45) is -0.597. The van der Waals surface area contributed by atoms with Crippen LogP contribution in [0, 0.1) is 11.8 Å². The molecule has 3 rings (SSSR count). The summed E-state index contributed by atoms with van der Waals surface area (Å²) in [6.45, 7) is 0.757. The molecule has 0 radical (unpaired) electrons. The van der Waals surface area contributed by atoms with Crippen LogP contribution in [-0.2, 0) is 20.9 Å². The van der Waals surface area contributed by atoms with Crippen LogP contribution in [0.1, 0.15) is 34.3 Å². The minimum Gasteiger partial charge on any atom is -0.465 e. The molecule has 2 aliphatic heterocycles. The first-order chi connectivity index (χ1) is 13.5. The van der Waals surface area contributed by atoms with Gasteiger partial charge in [0.1, 0.15) is 12.6 Å². The van der Waals surface area contributed by atoms with Gasteiger partial charge in [0.05, 0.1) is 6.61 Å². The maximum Gasteiger partial charge on any atom is 0.404 e. The Morgan fingerprint density at radius 1 is 1.36 bits per heavy atom. The number of nitrogens with zero attached hydrogens (tertiary/aromatic N) is 1. The zero-order chi connectivity index (χ0) is 20.1. The molecule has 0 aromatic heterocycles. The molecule has 3 N–H and O–H groups in total. The van der Waals surface area contributed by atoms with Crippen LogP contribution < -0.4 is 10.6 Å². The Labute approximate surface area is 161 Å². The third-order valence-corrected chi connectivity index (χ3v) is 4.50. The topological polar surface area (TPSA) is 125 Å². The summed E-state index contributed by atoms with van der Waals surface area (Å²) < 4.78 is 5.23. The molecule has 28 heavy (non-hydrogen) atoms. The van der Waals surface area contributed by atoms with E-state index < -0.39 is 18.0 Å². The van der Waals surface area contributed by atoms with Crippen molar-refractivity contribution in [2.45, 2.75) is 25.4 Å². The SMILES string of the molecule is O=C(O)NCCOCC#Cc1cccc2c1CN(C1CCC(=O)NC1=O)C2=O. The number of hydrogen-bond acceptors (Lipinski definition) is 5. The van der Waals surface area contributed by atoms with Crippen LogP contribution in [0.5, 0.6) is 0 Å². The average Bonchev–Trinajstić information content (AvgIpc) is 2.98. The Balaban J connectivity index is 1.64. The Hall–Kier alpha value is -3.38. The van der Waals surface area contributed by atoms with Gasteiger partial charge in [-0.05, 0) is 24.1 Å². The smallest absolute Gasteiger partial charge is 0.404 e. The van der Waals surface area contributed by atoms with E-state index in [4.69, 9.17) is 9.84 Å². The van der Waals surface area contributed by atoms with Gasteiger partial charge in [-0.25, -0.2) is 4.79 Å². The third-order valence-electron chi connectivity index (χ3n) is 4.50. The van der Waals surface area contributed by atoms with Crippen LogP contribution in [0.15, 0.2) is 18.2 Å². The molecule has 4 amide bonds. The highest BCUT2D eigenvalue weighted by atomic mass is 16.5. The van der Waals surface area contributed by atoms with Crippen LogP contribution >= 0.6 is 0 Å². The molecule has 1 aromatic rings. The predicted molar refractivity (Wildman–Crippen MR) is 96.2 cm³/mol. The van der Waals surface area contributed by atoms with Gasteiger partial charge in [0.25, 0.3) is 5.91 Å². The summed E-state index contributed by atoms with van der Waals surface area (Å²) in [5, 5.41) is 12.9. The van der Waals surface area contributed by atoms with E-state index in [0.29, 0.717) is 17.5 Å². The standard InChI is InChI=1S/C19H19N3O6/c23-16-7-6-15(17(24)21-16)22-11-14-12(3-1-5-13(14)18(22)25)4-2-9-28-10-8-20-19(26)27/h1,3,5,15,20H,6-11H2,(H,26,27)(H,21,23,24). The first-order valence-electron chi connectivity index (χ1n) is 8.77. The minimum atomic E-state index is -1.11. The normalized spacial score (nSPS) is 18.2. The van der Waals surface area contributed by atoms with Crippen LogP contribution in [-0.4, -0.2) is 59.6 Å². The Morgan fingerprint density at radius 3 is 2.93 bits per heavy atom. The van der Waals surface area contributed by atoms with E-state index in [1.54, 1.807) is 18.2 Å². The van der Waals surface area contributed by atoms with Crippen molar-refractivity contribution in [2.24, 2.45) is 0 Å². The maximum absolute atomic E-state index is 12.7. The van der Waals surface area contributed by atoms with Crippen molar-refractivity contribution in [1.82, 2.24) is 15.5 Å². The lowest BCUT2D eigenvalue weighted by atomic mass is 10.0. The number of carboxylic acid groups (broad SMARTS) is 1. The molecule has 9 nitrogen and oxygen atoms in total. The number of piperidine rings is 1. The van der Waals surface area contributed by atoms with Crippen LogP contribution in [0.3, 0.4) is 0 Å². The van der Waals surface area contributed by atoms with E-state index in [0.717, 1.165) is 5.56 Å². The molecule has 0 spiro atoms. The van der Waals surface area contributed by atoms with Crippen molar-refractivity contribution in [1.29, 1.82) is 0 Å². The van der Waals surface area contributed by atoms with Crippen molar-refractivity contribution in [3.8, 4) is 11.8 Å². The van der Waals surface area contributed by atoms with Gasteiger partial charge in [-0.1, -0.05) is 17.9 Å². The summed E-state index contributed by atoms with van der Waals surface area (Å²) in [5.41, 5.74) is 1.92. The molecular formula is C19H19N3O6. The summed E-state index contributed by atoms with van der Waals surface area (Å²) in [4.78, 5) is 47.9. The molecule has 0 aliphatic carbocycles. The highest BCUT2D eigenvalue weighted by Crippen LogP contribution is 2.29. The number of benzene rings is 1. The molecule has 2 heterocycles. The number of ether oxygens (including phenoxy) is 1. The van der Waals surface area contributed by atoms with Gasteiger partial charge in [0.15, 0.2) is 0 Å². The lowest BCUT2D eigenvalue weighted by molar-refractivity contribution is -0.136. The van der Waals surface area contributed by atoms with Gasteiger partial charge in [-0.15, -0.1) is 0 Å². The number of fused-ring (bicyclic) bond motifs is 1. The molecule has 9 heteroatoms. The van der Waals surface area contributed by atoms with Gasteiger partial charge in [0, 0.05) is 30.6 Å². The highest BCUT2D eigenvalue weighted by Gasteiger charge is 2.39. The minimum absolute atomic E-state index is 0.121. The Kier molecular flexibility index (Phi) is 5.91. The molecule has 1 aromatic carbocycles. The molecular weight excluding hydrogens is 366 g/mol. The number of rotatable bonds is 5. The fourth-order valence-corrected chi connectivity index (χ4v) is 3.19. The number of carbonyl (C=O) groups excluding carboxylic acids is 3. The predicted octanol–water partition coefficient (Wildman–Crippen LogP) is 0.0833. The molecule has 1 saturated heterocycles. The zero-order valence-corrected chi connectivity index (χ0v) is 15.0. The van der Waals surface area contributed by atoms with Gasteiger partial charge < -0.3 is 20.1 Å². The van der Waals surface area contributed by atoms with E-state index in [-0.39, 0.29) is 44.5 Å². The molecule has 1 unspecified atom stereocenters. The van der Waals surface area contributed by atoms with Crippen molar-refractivity contribution < 1.29 is 29.0 Å². The highest BCUT2D eigenvalue weighted by molar-refractivity contribution is 6.05. The zero-order valence-electron chi connectivity index (χ0n) is 15.0. The second-order valence-electron chi connectivity index (χ2n) is 6.32. The largest absolute Gasteiger partial charge is 0.465 e. The molecule has 0 bridgehead atoms. The quantitative estimate of drug-likeness (QED) is 0.375. The van der Waals surface area contributed by atoms with Crippen molar-refractivity contribution in [3.05, 3.63) is 34.9 Å². The Bertz CT molecular complexity index is 885. The number of hydrogen-bond donors (Lipinski definition) is 3. The number of amides is 4. The fourth-order valence-electron chi connectivity index (χ4n) is 3.19. The molecule has 146 valence electrons. The average molecular weight is 385 g/mol.